The Hall–Kier alpha value is -1.43. The molecule has 5 heteroatoms. The first-order valence-electron chi connectivity index (χ1n) is 8.36. The number of hydrogen-bond acceptors (Lipinski definition) is 4. The molecule has 1 aromatic carbocycles. The second-order valence-electron chi connectivity index (χ2n) is 6.76. The molecule has 3 atom stereocenters. The minimum absolute atomic E-state index is 0.0227. The SMILES string of the molecule is CC1CCN(CC(=O)NCC(c2ccccc2)N(C)C)CC1O. The van der Waals surface area contributed by atoms with Crippen molar-refractivity contribution in [1.82, 2.24) is 15.1 Å². The minimum atomic E-state index is -0.324. The van der Waals surface area contributed by atoms with E-state index < -0.39 is 0 Å². The lowest BCUT2D eigenvalue weighted by Gasteiger charge is -2.34. The number of aliphatic hydroxyl groups excluding tert-OH is 1. The van der Waals surface area contributed by atoms with Crippen LogP contribution in [0.1, 0.15) is 24.9 Å². The van der Waals surface area contributed by atoms with E-state index in [1.54, 1.807) is 0 Å². The van der Waals surface area contributed by atoms with Crippen LogP contribution in [-0.2, 0) is 4.79 Å². The molecule has 1 aromatic rings. The highest BCUT2D eigenvalue weighted by atomic mass is 16.3. The normalized spacial score (nSPS) is 23.7. The molecule has 0 saturated carbocycles. The van der Waals surface area contributed by atoms with Gasteiger partial charge in [-0.1, -0.05) is 37.3 Å². The Labute approximate surface area is 139 Å². The van der Waals surface area contributed by atoms with E-state index in [9.17, 15) is 9.90 Å². The van der Waals surface area contributed by atoms with Gasteiger partial charge in [-0.15, -0.1) is 0 Å². The number of β-amino-alcohol motifs (C(OH)–C–C–N with tert-alkyl or cyclic N) is 1. The predicted molar refractivity (Wildman–Crippen MR) is 92.1 cm³/mol. The third-order valence-electron chi connectivity index (χ3n) is 4.67. The van der Waals surface area contributed by atoms with Crippen molar-refractivity contribution in [1.29, 1.82) is 0 Å². The first-order chi connectivity index (χ1) is 11.0. The fraction of sp³-hybridized carbons (Fsp3) is 0.611. The number of piperidine rings is 1. The number of carbonyl (C=O) groups is 1. The van der Waals surface area contributed by atoms with Crippen LogP contribution in [0.4, 0.5) is 0 Å². The number of carbonyl (C=O) groups excluding carboxylic acids is 1. The number of aliphatic hydroxyl groups is 1. The summed E-state index contributed by atoms with van der Waals surface area (Å²) in [7, 11) is 4.04. The molecule has 1 heterocycles. The Morgan fingerprint density at radius 3 is 2.70 bits per heavy atom. The first-order valence-corrected chi connectivity index (χ1v) is 8.36. The number of likely N-dealkylation sites (N-methyl/N-ethyl adjacent to an activating group) is 1. The van der Waals surface area contributed by atoms with Crippen molar-refractivity contribution in [3.8, 4) is 0 Å². The van der Waals surface area contributed by atoms with Crippen molar-refractivity contribution >= 4 is 5.91 Å². The second kappa shape index (κ2) is 8.43. The Bertz CT molecular complexity index is 492. The van der Waals surface area contributed by atoms with Crippen LogP contribution in [0.15, 0.2) is 30.3 Å². The summed E-state index contributed by atoms with van der Waals surface area (Å²) in [4.78, 5) is 16.4. The molecule has 1 aliphatic heterocycles. The molecule has 23 heavy (non-hydrogen) atoms. The average Bonchev–Trinajstić information content (AvgIpc) is 2.52. The largest absolute Gasteiger partial charge is 0.392 e. The van der Waals surface area contributed by atoms with E-state index in [0.717, 1.165) is 13.0 Å². The lowest BCUT2D eigenvalue weighted by Crippen LogP contribution is -2.47. The van der Waals surface area contributed by atoms with Crippen molar-refractivity contribution in [2.75, 3.05) is 40.3 Å². The second-order valence-corrected chi connectivity index (χ2v) is 6.76. The highest BCUT2D eigenvalue weighted by molar-refractivity contribution is 5.78. The van der Waals surface area contributed by atoms with Gasteiger partial charge in [0.05, 0.1) is 18.7 Å². The van der Waals surface area contributed by atoms with E-state index >= 15 is 0 Å². The molecule has 1 saturated heterocycles. The quantitative estimate of drug-likeness (QED) is 0.825. The third kappa shape index (κ3) is 5.30. The van der Waals surface area contributed by atoms with Gasteiger partial charge in [0.25, 0.3) is 0 Å². The van der Waals surface area contributed by atoms with E-state index in [2.05, 4.69) is 29.3 Å². The molecular weight excluding hydrogens is 290 g/mol. The highest BCUT2D eigenvalue weighted by Gasteiger charge is 2.25. The van der Waals surface area contributed by atoms with Gasteiger partial charge < -0.3 is 15.3 Å². The summed E-state index contributed by atoms with van der Waals surface area (Å²) < 4.78 is 0. The standard InChI is InChI=1S/C18H29N3O2/c1-14-9-10-21(12-17(14)22)13-18(23)19-11-16(20(2)3)15-7-5-4-6-8-15/h4-8,14,16-17,22H,9-13H2,1-3H3,(H,19,23). The molecule has 0 spiro atoms. The van der Waals surface area contributed by atoms with Gasteiger partial charge in [-0.2, -0.15) is 0 Å². The van der Waals surface area contributed by atoms with Crippen LogP contribution in [0.5, 0.6) is 0 Å². The Balaban J connectivity index is 1.83. The summed E-state index contributed by atoms with van der Waals surface area (Å²) >= 11 is 0. The molecule has 128 valence electrons. The topological polar surface area (TPSA) is 55.8 Å². The zero-order chi connectivity index (χ0) is 16.8. The molecule has 0 bridgehead atoms. The number of likely N-dealkylation sites (tertiary alicyclic amines) is 1. The van der Waals surface area contributed by atoms with E-state index in [1.165, 1.54) is 5.56 Å². The molecule has 1 fully saturated rings. The zero-order valence-corrected chi connectivity index (χ0v) is 14.4. The lowest BCUT2D eigenvalue weighted by molar-refractivity contribution is -0.123. The number of rotatable bonds is 6. The molecule has 0 aromatic heterocycles. The summed E-state index contributed by atoms with van der Waals surface area (Å²) in [5, 5.41) is 13.0. The number of hydrogen-bond donors (Lipinski definition) is 2. The van der Waals surface area contributed by atoms with Crippen LogP contribution in [0.2, 0.25) is 0 Å². The number of amides is 1. The van der Waals surface area contributed by atoms with Gasteiger partial charge in [-0.25, -0.2) is 0 Å². The van der Waals surface area contributed by atoms with Crippen LogP contribution in [0.25, 0.3) is 0 Å². The fourth-order valence-electron chi connectivity index (χ4n) is 3.00. The maximum absolute atomic E-state index is 12.2. The van der Waals surface area contributed by atoms with Crippen LogP contribution in [0.3, 0.4) is 0 Å². The van der Waals surface area contributed by atoms with Gasteiger partial charge >= 0.3 is 0 Å². The number of benzene rings is 1. The molecule has 1 aliphatic rings. The highest BCUT2D eigenvalue weighted by Crippen LogP contribution is 2.18. The monoisotopic (exact) mass is 319 g/mol. The van der Waals surface area contributed by atoms with Gasteiger partial charge in [0, 0.05) is 13.1 Å². The Morgan fingerprint density at radius 2 is 2.09 bits per heavy atom. The van der Waals surface area contributed by atoms with Crippen molar-refractivity contribution in [3.05, 3.63) is 35.9 Å². The average molecular weight is 319 g/mol. The predicted octanol–water partition coefficient (Wildman–Crippen LogP) is 1.11. The molecule has 2 N–H and O–H groups in total. The molecule has 5 nitrogen and oxygen atoms in total. The van der Waals surface area contributed by atoms with E-state index in [1.807, 2.05) is 37.2 Å². The fourth-order valence-corrected chi connectivity index (χ4v) is 3.00. The maximum Gasteiger partial charge on any atom is 0.234 e. The molecule has 0 radical (unpaired) electrons. The summed E-state index contributed by atoms with van der Waals surface area (Å²) in [6, 6.07) is 10.4. The summed E-state index contributed by atoms with van der Waals surface area (Å²) in [5.41, 5.74) is 1.19. The Kier molecular flexibility index (Phi) is 6.57. The van der Waals surface area contributed by atoms with E-state index in [4.69, 9.17) is 0 Å². The van der Waals surface area contributed by atoms with Gasteiger partial charge in [0.2, 0.25) is 5.91 Å². The van der Waals surface area contributed by atoms with E-state index in [0.29, 0.717) is 25.6 Å². The summed E-state index contributed by atoms with van der Waals surface area (Å²) in [5.74, 6) is 0.347. The smallest absolute Gasteiger partial charge is 0.234 e. The van der Waals surface area contributed by atoms with Gasteiger partial charge in [0.1, 0.15) is 0 Å². The lowest BCUT2D eigenvalue weighted by atomic mass is 9.96. The van der Waals surface area contributed by atoms with Crippen molar-refractivity contribution < 1.29 is 9.90 Å². The van der Waals surface area contributed by atoms with Gasteiger partial charge in [-0.05, 0) is 38.5 Å². The van der Waals surface area contributed by atoms with E-state index in [-0.39, 0.29) is 18.1 Å². The van der Waals surface area contributed by atoms with Gasteiger partial charge in [-0.3, -0.25) is 9.69 Å². The minimum Gasteiger partial charge on any atom is -0.392 e. The molecular formula is C18H29N3O2. The Morgan fingerprint density at radius 1 is 1.39 bits per heavy atom. The van der Waals surface area contributed by atoms with Crippen molar-refractivity contribution in [2.24, 2.45) is 5.92 Å². The maximum atomic E-state index is 12.2. The molecule has 1 amide bonds. The molecule has 3 unspecified atom stereocenters. The van der Waals surface area contributed by atoms with Crippen LogP contribution in [0, 0.1) is 5.92 Å². The van der Waals surface area contributed by atoms with Gasteiger partial charge in [0.15, 0.2) is 0 Å². The summed E-state index contributed by atoms with van der Waals surface area (Å²) in [6.45, 7) is 4.47. The first kappa shape index (κ1) is 17.9. The van der Waals surface area contributed by atoms with Crippen molar-refractivity contribution in [3.63, 3.8) is 0 Å². The molecule has 2 rings (SSSR count). The van der Waals surface area contributed by atoms with Crippen LogP contribution >= 0.6 is 0 Å². The van der Waals surface area contributed by atoms with Crippen molar-refractivity contribution in [2.45, 2.75) is 25.5 Å². The van der Waals surface area contributed by atoms with Crippen LogP contribution in [-0.4, -0.2) is 67.2 Å². The van der Waals surface area contributed by atoms with Crippen LogP contribution < -0.4 is 5.32 Å². The molecule has 0 aliphatic carbocycles. The number of nitrogens with one attached hydrogen (secondary N) is 1. The number of nitrogens with zero attached hydrogens (tertiary/aromatic N) is 2. The zero-order valence-electron chi connectivity index (χ0n) is 14.4. The summed E-state index contributed by atoms with van der Waals surface area (Å²) in [6.07, 6.45) is 0.620. The third-order valence-corrected chi connectivity index (χ3v) is 4.67.